The number of carbonyl (C=O) groups excluding carboxylic acids is 6. The Morgan fingerprint density at radius 1 is 0.605 bits per heavy atom. The van der Waals surface area contributed by atoms with Crippen molar-refractivity contribution >= 4 is 41.7 Å². The molecule has 0 N–H and O–H groups in total. The highest BCUT2D eigenvalue weighted by Gasteiger charge is 2.58. The first-order valence-electron chi connectivity index (χ1n) is 13.3. The van der Waals surface area contributed by atoms with Gasteiger partial charge in [-0.1, -0.05) is 0 Å². The van der Waals surface area contributed by atoms with Crippen molar-refractivity contribution in [2.45, 2.75) is 110 Å². The summed E-state index contributed by atoms with van der Waals surface area (Å²) in [6.07, 6.45) is -12.2. The first kappa shape index (κ1) is 33.7. The minimum atomic E-state index is -1.64. The van der Waals surface area contributed by atoms with Gasteiger partial charge in [0.15, 0.2) is 42.6 Å². The Morgan fingerprint density at radius 2 is 1.07 bits per heavy atom. The molecule has 3 aliphatic rings. The lowest BCUT2D eigenvalue weighted by Crippen LogP contribution is -2.66. The minimum Gasteiger partial charge on any atom is -0.463 e. The van der Waals surface area contributed by atoms with Crippen molar-refractivity contribution < 1.29 is 76.1 Å². The second-order valence-electron chi connectivity index (χ2n) is 9.84. The number of hydrogen-bond acceptors (Lipinski definition) is 17. The molecular weight excluding hydrogens is 582 g/mol. The van der Waals surface area contributed by atoms with Gasteiger partial charge in [-0.25, -0.2) is 4.99 Å². The molecule has 0 aromatic carbocycles. The van der Waals surface area contributed by atoms with Crippen LogP contribution >= 0.6 is 0 Å². The van der Waals surface area contributed by atoms with Crippen LogP contribution in [0, 0.1) is 0 Å². The molecule has 0 bridgehead atoms. The van der Waals surface area contributed by atoms with Crippen LogP contribution in [-0.4, -0.2) is 116 Å². The van der Waals surface area contributed by atoms with Crippen LogP contribution < -0.4 is 0 Å². The van der Waals surface area contributed by atoms with Gasteiger partial charge >= 0.3 is 35.8 Å². The summed E-state index contributed by atoms with van der Waals surface area (Å²) in [5.74, 6) is -4.34. The molecule has 240 valence electrons. The van der Waals surface area contributed by atoms with Gasteiger partial charge in [0.25, 0.3) is 0 Å². The van der Waals surface area contributed by atoms with Crippen molar-refractivity contribution in [3.63, 3.8) is 0 Å². The molecule has 0 aromatic rings. The Morgan fingerprint density at radius 3 is 1.58 bits per heavy atom. The molecule has 43 heavy (non-hydrogen) atoms. The second kappa shape index (κ2) is 14.6. The van der Waals surface area contributed by atoms with Gasteiger partial charge in [-0.2, -0.15) is 0 Å². The van der Waals surface area contributed by atoms with Gasteiger partial charge in [-0.05, 0) is 0 Å². The summed E-state index contributed by atoms with van der Waals surface area (Å²) in [5, 5.41) is 0. The van der Waals surface area contributed by atoms with Crippen molar-refractivity contribution in [1.29, 1.82) is 0 Å². The van der Waals surface area contributed by atoms with Crippen molar-refractivity contribution in [2.75, 3.05) is 13.2 Å². The van der Waals surface area contributed by atoms with E-state index in [4.69, 9.17) is 47.4 Å². The Hall–Kier alpha value is -3.83. The van der Waals surface area contributed by atoms with Gasteiger partial charge in [-0.15, -0.1) is 0 Å². The van der Waals surface area contributed by atoms with Crippen molar-refractivity contribution in [2.24, 2.45) is 4.99 Å². The lowest BCUT2D eigenvalue weighted by molar-refractivity contribution is -0.344. The van der Waals surface area contributed by atoms with E-state index in [0.29, 0.717) is 0 Å². The third kappa shape index (κ3) is 9.08. The van der Waals surface area contributed by atoms with Crippen LogP contribution in [0.1, 0.15) is 48.5 Å². The van der Waals surface area contributed by atoms with E-state index in [2.05, 4.69) is 4.99 Å². The Labute approximate surface area is 246 Å². The average molecular weight is 618 g/mol. The number of carbonyl (C=O) groups is 6. The molecule has 2 fully saturated rings. The molecule has 0 aliphatic carbocycles. The highest BCUT2D eigenvalue weighted by Crippen LogP contribution is 2.36. The molecule has 17 nitrogen and oxygen atoms in total. The standard InChI is InChI=1S/C26H35NO16/c1-10-27-19-22(38-14(5)31)20(17(8-34-11(2)28)41-25(19)36-10)43-26-24(40-16(7)33)23(39-15(6)32)21(37-13(4)30)18(42-26)9-35-12(3)29/h17-26H,8-9H2,1-7H3/t17?,18?,19?,20-,21+,22-,23?,24+,25+,26+/m1/s1. The van der Waals surface area contributed by atoms with E-state index in [1.807, 2.05) is 0 Å². The van der Waals surface area contributed by atoms with E-state index in [-0.39, 0.29) is 5.90 Å². The number of nitrogens with zero attached hydrogens (tertiary/aromatic N) is 1. The van der Waals surface area contributed by atoms with Gasteiger partial charge < -0.3 is 47.4 Å². The van der Waals surface area contributed by atoms with E-state index in [1.54, 1.807) is 6.92 Å². The third-order valence-corrected chi connectivity index (χ3v) is 6.22. The molecule has 0 spiro atoms. The Bertz CT molecular complexity index is 1120. The van der Waals surface area contributed by atoms with Crippen LogP contribution in [0.3, 0.4) is 0 Å². The molecular formula is C26H35NO16. The van der Waals surface area contributed by atoms with E-state index in [1.165, 1.54) is 6.92 Å². The maximum atomic E-state index is 12.2. The Kier molecular flexibility index (Phi) is 11.4. The number of esters is 6. The fourth-order valence-electron chi connectivity index (χ4n) is 4.81. The zero-order valence-electron chi connectivity index (χ0n) is 24.7. The summed E-state index contributed by atoms with van der Waals surface area (Å²) in [7, 11) is 0. The van der Waals surface area contributed by atoms with Crippen LogP contribution in [0.4, 0.5) is 0 Å². The van der Waals surface area contributed by atoms with Gasteiger partial charge in [0.05, 0.1) is 0 Å². The maximum absolute atomic E-state index is 12.2. The summed E-state index contributed by atoms with van der Waals surface area (Å²) in [5.41, 5.74) is 0. The second-order valence-corrected chi connectivity index (χ2v) is 9.84. The van der Waals surface area contributed by atoms with Crippen molar-refractivity contribution in [3.05, 3.63) is 0 Å². The zero-order chi connectivity index (χ0) is 32.0. The van der Waals surface area contributed by atoms with Gasteiger partial charge in [-0.3, -0.25) is 28.8 Å². The fraction of sp³-hybridized carbons (Fsp3) is 0.731. The topological polar surface area (TPSA) is 207 Å². The summed E-state index contributed by atoms with van der Waals surface area (Å²) >= 11 is 0. The van der Waals surface area contributed by atoms with E-state index in [0.717, 1.165) is 34.6 Å². The highest BCUT2D eigenvalue weighted by atomic mass is 16.8. The number of ether oxygens (including phenoxy) is 10. The largest absolute Gasteiger partial charge is 0.463 e. The van der Waals surface area contributed by atoms with Gasteiger partial charge in [0, 0.05) is 48.5 Å². The average Bonchev–Trinajstić information content (AvgIpc) is 3.25. The fourth-order valence-corrected chi connectivity index (χ4v) is 4.81. The summed E-state index contributed by atoms with van der Waals surface area (Å²) in [6.45, 7) is 7.36. The highest BCUT2D eigenvalue weighted by molar-refractivity contribution is 5.75. The van der Waals surface area contributed by atoms with Crippen LogP contribution in [0.15, 0.2) is 4.99 Å². The molecule has 0 saturated carbocycles. The molecule has 17 heteroatoms. The molecule has 3 aliphatic heterocycles. The van der Waals surface area contributed by atoms with Crippen LogP contribution in [0.5, 0.6) is 0 Å². The lowest BCUT2D eigenvalue weighted by Gasteiger charge is -2.47. The molecule has 10 atom stereocenters. The summed E-state index contributed by atoms with van der Waals surface area (Å²) < 4.78 is 55.9. The van der Waals surface area contributed by atoms with Crippen LogP contribution in [0.25, 0.3) is 0 Å². The molecule has 0 amide bonds. The Balaban J connectivity index is 2.07. The number of hydrogen-bond donors (Lipinski definition) is 0. The van der Waals surface area contributed by atoms with Gasteiger partial charge in [0.1, 0.15) is 31.5 Å². The zero-order valence-corrected chi connectivity index (χ0v) is 24.7. The van der Waals surface area contributed by atoms with Crippen molar-refractivity contribution in [3.8, 4) is 0 Å². The summed E-state index contributed by atoms with van der Waals surface area (Å²) in [6, 6.07) is -0.923. The van der Waals surface area contributed by atoms with Crippen LogP contribution in [-0.2, 0) is 76.1 Å². The number of aliphatic imine (C=N–C) groups is 1. The molecule has 3 heterocycles. The molecule has 3 rings (SSSR count). The smallest absolute Gasteiger partial charge is 0.303 e. The molecule has 0 radical (unpaired) electrons. The van der Waals surface area contributed by atoms with E-state index in [9.17, 15) is 28.8 Å². The first-order chi connectivity index (χ1) is 20.2. The minimum absolute atomic E-state index is 0.228. The predicted octanol–water partition coefficient (Wildman–Crippen LogP) is -0.508. The first-order valence-corrected chi connectivity index (χ1v) is 13.3. The normalized spacial score (nSPS) is 33.0. The lowest BCUT2D eigenvalue weighted by atomic mass is 9.95. The molecule has 2 saturated heterocycles. The predicted molar refractivity (Wildman–Crippen MR) is 136 cm³/mol. The van der Waals surface area contributed by atoms with Gasteiger partial charge in [0.2, 0.25) is 6.29 Å². The SMILES string of the molecule is CC(=O)OCC1O[C@@H](O[C@@H]2C(COC(C)=O)O[C@@H]3OC(C)=NC3[C@H]2OC(C)=O)[C@@H](OC(C)=O)C(OC(C)=O)[C@H]1OC(C)=O. The van der Waals surface area contributed by atoms with E-state index >= 15 is 0 Å². The van der Waals surface area contributed by atoms with Crippen molar-refractivity contribution in [1.82, 2.24) is 0 Å². The number of fused-ring (bicyclic) bond motifs is 1. The van der Waals surface area contributed by atoms with Crippen LogP contribution in [0.2, 0.25) is 0 Å². The quantitative estimate of drug-likeness (QED) is 0.223. The third-order valence-electron chi connectivity index (χ3n) is 6.22. The summed E-state index contributed by atoms with van der Waals surface area (Å²) in [4.78, 5) is 76.2. The molecule has 0 aromatic heterocycles. The van der Waals surface area contributed by atoms with E-state index < -0.39 is 110 Å². The monoisotopic (exact) mass is 617 g/mol. The maximum Gasteiger partial charge on any atom is 0.303 e. The molecule has 4 unspecified atom stereocenters. The number of rotatable bonds is 10.